The van der Waals surface area contributed by atoms with E-state index in [2.05, 4.69) is 60.9 Å². The molecule has 0 spiro atoms. The number of aryl methyl sites for hydroxylation is 1. The first-order valence-electron chi connectivity index (χ1n) is 7.14. The molecular formula is C17H20N2. The fourth-order valence-electron chi connectivity index (χ4n) is 2.78. The molecule has 2 aromatic rings. The fourth-order valence-corrected chi connectivity index (χ4v) is 2.78. The van der Waals surface area contributed by atoms with E-state index < -0.39 is 0 Å². The highest BCUT2D eigenvalue weighted by Crippen LogP contribution is 2.30. The van der Waals surface area contributed by atoms with Crippen LogP contribution in [-0.4, -0.2) is 9.55 Å². The second kappa shape index (κ2) is 5.04. The predicted octanol–water partition coefficient (Wildman–Crippen LogP) is 4.43. The van der Waals surface area contributed by atoms with Crippen LogP contribution in [0.3, 0.4) is 0 Å². The number of para-hydroxylation sites is 2. The molecule has 1 atom stereocenters. The minimum Gasteiger partial charge on any atom is -0.300 e. The number of aromatic nitrogens is 2. The summed E-state index contributed by atoms with van der Waals surface area (Å²) in [5.41, 5.74) is 3.72. The van der Waals surface area contributed by atoms with Gasteiger partial charge in [0, 0.05) is 18.0 Å². The van der Waals surface area contributed by atoms with E-state index in [9.17, 15) is 0 Å². The standard InChI is InChI=1S/C17H20N2/c1-3-8-17-18-14-10-5-7-12-16(14)19(17)15-11-6-4-9-13(15)2/h4-7,10-13H,3,8-9H2,1-2H3. The molecule has 0 N–H and O–H groups in total. The highest BCUT2D eigenvalue weighted by molar-refractivity contribution is 5.80. The summed E-state index contributed by atoms with van der Waals surface area (Å²) in [5.74, 6) is 1.75. The molecule has 0 saturated heterocycles. The van der Waals surface area contributed by atoms with Gasteiger partial charge in [0.25, 0.3) is 0 Å². The summed E-state index contributed by atoms with van der Waals surface area (Å²) in [7, 11) is 0. The third-order valence-corrected chi connectivity index (χ3v) is 3.76. The van der Waals surface area contributed by atoms with Crippen molar-refractivity contribution in [3.8, 4) is 0 Å². The van der Waals surface area contributed by atoms with E-state index in [1.165, 1.54) is 17.0 Å². The fraction of sp³-hybridized carbons (Fsp3) is 0.353. The van der Waals surface area contributed by atoms with Crippen LogP contribution in [0, 0.1) is 5.92 Å². The molecule has 0 bridgehead atoms. The Bertz CT molecular complexity index is 646. The summed E-state index contributed by atoms with van der Waals surface area (Å²) >= 11 is 0. The number of benzene rings is 1. The molecule has 1 aromatic heterocycles. The zero-order valence-corrected chi connectivity index (χ0v) is 11.6. The third kappa shape index (κ3) is 2.12. The van der Waals surface area contributed by atoms with Crippen LogP contribution < -0.4 is 0 Å². The molecule has 0 saturated carbocycles. The van der Waals surface area contributed by atoms with Crippen molar-refractivity contribution in [2.24, 2.45) is 5.92 Å². The molecule has 0 fully saturated rings. The Morgan fingerprint density at radius 2 is 2.16 bits per heavy atom. The molecule has 19 heavy (non-hydrogen) atoms. The van der Waals surface area contributed by atoms with E-state index in [0.717, 1.165) is 24.8 Å². The number of hydrogen-bond acceptors (Lipinski definition) is 1. The van der Waals surface area contributed by atoms with Crippen molar-refractivity contribution in [1.82, 2.24) is 9.55 Å². The molecule has 3 rings (SSSR count). The van der Waals surface area contributed by atoms with Gasteiger partial charge in [0.2, 0.25) is 0 Å². The zero-order chi connectivity index (χ0) is 13.2. The molecule has 0 amide bonds. The van der Waals surface area contributed by atoms with Gasteiger partial charge in [-0.1, -0.05) is 38.1 Å². The van der Waals surface area contributed by atoms with Crippen molar-refractivity contribution < 1.29 is 0 Å². The van der Waals surface area contributed by atoms with Crippen molar-refractivity contribution in [1.29, 1.82) is 0 Å². The van der Waals surface area contributed by atoms with Crippen LogP contribution >= 0.6 is 0 Å². The number of hydrogen-bond donors (Lipinski definition) is 0. The van der Waals surface area contributed by atoms with Crippen molar-refractivity contribution in [3.05, 3.63) is 48.3 Å². The molecule has 1 heterocycles. The van der Waals surface area contributed by atoms with Crippen LogP contribution in [0.15, 0.2) is 42.5 Å². The Morgan fingerprint density at radius 1 is 1.32 bits per heavy atom. The van der Waals surface area contributed by atoms with Crippen LogP contribution in [-0.2, 0) is 6.42 Å². The van der Waals surface area contributed by atoms with Crippen LogP contribution in [0.1, 0.15) is 32.5 Å². The van der Waals surface area contributed by atoms with Crippen LogP contribution in [0.5, 0.6) is 0 Å². The topological polar surface area (TPSA) is 17.8 Å². The van der Waals surface area contributed by atoms with Crippen molar-refractivity contribution in [3.63, 3.8) is 0 Å². The Kier molecular flexibility index (Phi) is 3.24. The number of rotatable bonds is 3. The maximum absolute atomic E-state index is 4.81. The molecule has 1 unspecified atom stereocenters. The van der Waals surface area contributed by atoms with Crippen LogP contribution in [0.2, 0.25) is 0 Å². The second-order valence-corrected chi connectivity index (χ2v) is 5.26. The first kappa shape index (κ1) is 12.2. The summed E-state index contributed by atoms with van der Waals surface area (Å²) in [6.07, 6.45) is 9.92. The average molecular weight is 252 g/mol. The van der Waals surface area contributed by atoms with Crippen LogP contribution in [0.25, 0.3) is 16.7 Å². The molecule has 1 aliphatic carbocycles. The highest BCUT2D eigenvalue weighted by atomic mass is 15.1. The molecule has 2 heteroatoms. The van der Waals surface area contributed by atoms with E-state index in [-0.39, 0.29) is 0 Å². The lowest BCUT2D eigenvalue weighted by Gasteiger charge is -2.21. The van der Waals surface area contributed by atoms with Crippen LogP contribution in [0.4, 0.5) is 0 Å². The minimum atomic E-state index is 0.554. The molecule has 1 aromatic carbocycles. The average Bonchev–Trinajstić information content (AvgIpc) is 2.78. The van der Waals surface area contributed by atoms with Gasteiger partial charge in [0.05, 0.1) is 11.0 Å². The largest absolute Gasteiger partial charge is 0.300 e. The Balaban J connectivity index is 2.22. The van der Waals surface area contributed by atoms with E-state index >= 15 is 0 Å². The number of allylic oxidation sites excluding steroid dienone is 4. The molecule has 98 valence electrons. The summed E-state index contributed by atoms with van der Waals surface area (Å²) in [6, 6.07) is 8.44. The molecule has 0 aliphatic heterocycles. The minimum absolute atomic E-state index is 0.554. The Morgan fingerprint density at radius 3 is 2.95 bits per heavy atom. The van der Waals surface area contributed by atoms with Crippen molar-refractivity contribution in [2.45, 2.75) is 33.1 Å². The van der Waals surface area contributed by atoms with Crippen molar-refractivity contribution >= 4 is 16.7 Å². The molecule has 2 nitrogen and oxygen atoms in total. The van der Waals surface area contributed by atoms with E-state index in [1.807, 2.05) is 0 Å². The molecular weight excluding hydrogens is 232 g/mol. The Labute approximate surface area is 114 Å². The van der Waals surface area contributed by atoms with E-state index in [4.69, 9.17) is 4.98 Å². The van der Waals surface area contributed by atoms with Gasteiger partial charge in [0.1, 0.15) is 5.82 Å². The first-order valence-corrected chi connectivity index (χ1v) is 7.14. The molecule has 0 radical (unpaired) electrons. The van der Waals surface area contributed by atoms with Gasteiger partial charge in [-0.05, 0) is 31.1 Å². The lowest BCUT2D eigenvalue weighted by Crippen LogP contribution is -2.11. The smallest absolute Gasteiger partial charge is 0.114 e. The monoisotopic (exact) mass is 252 g/mol. The lowest BCUT2D eigenvalue weighted by atomic mass is 9.98. The lowest BCUT2D eigenvalue weighted by molar-refractivity contribution is 0.699. The first-order chi connectivity index (χ1) is 9.31. The Hall–Kier alpha value is -1.83. The third-order valence-electron chi connectivity index (χ3n) is 3.76. The number of nitrogens with zero attached hydrogens (tertiary/aromatic N) is 2. The SMILES string of the molecule is CCCc1nc2ccccc2n1C1=CC=CCC1C. The zero-order valence-electron chi connectivity index (χ0n) is 11.6. The van der Waals surface area contributed by atoms with Gasteiger partial charge < -0.3 is 0 Å². The van der Waals surface area contributed by atoms with Gasteiger partial charge in [0.15, 0.2) is 0 Å². The molecule has 1 aliphatic rings. The van der Waals surface area contributed by atoms with Gasteiger partial charge in [-0.2, -0.15) is 0 Å². The summed E-state index contributed by atoms with van der Waals surface area (Å²) < 4.78 is 2.37. The number of fused-ring (bicyclic) bond motifs is 1. The van der Waals surface area contributed by atoms with Gasteiger partial charge in [-0.15, -0.1) is 0 Å². The van der Waals surface area contributed by atoms with Gasteiger partial charge in [-0.3, -0.25) is 4.57 Å². The van der Waals surface area contributed by atoms with Gasteiger partial charge in [-0.25, -0.2) is 4.98 Å². The summed E-state index contributed by atoms with van der Waals surface area (Å²) in [5, 5.41) is 0. The van der Waals surface area contributed by atoms with Gasteiger partial charge >= 0.3 is 0 Å². The number of imidazole rings is 1. The highest BCUT2D eigenvalue weighted by Gasteiger charge is 2.18. The summed E-state index contributed by atoms with van der Waals surface area (Å²) in [6.45, 7) is 4.50. The quantitative estimate of drug-likeness (QED) is 0.790. The second-order valence-electron chi connectivity index (χ2n) is 5.26. The maximum Gasteiger partial charge on any atom is 0.114 e. The predicted molar refractivity (Wildman–Crippen MR) is 80.9 cm³/mol. The summed E-state index contributed by atoms with van der Waals surface area (Å²) in [4.78, 5) is 4.81. The van der Waals surface area contributed by atoms with E-state index in [1.54, 1.807) is 0 Å². The van der Waals surface area contributed by atoms with E-state index in [0.29, 0.717) is 5.92 Å². The normalized spacial score (nSPS) is 18.8. The maximum atomic E-state index is 4.81. The van der Waals surface area contributed by atoms with Crippen molar-refractivity contribution in [2.75, 3.05) is 0 Å².